The second-order valence-corrected chi connectivity index (χ2v) is 8.65. The van der Waals surface area contributed by atoms with Crippen LogP contribution in [0.15, 0.2) is 66.9 Å². The predicted octanol–water partition coefficient (Wildman–Crippen LogP) is 7.03. The van der Waals surface area contributed by atoms with E-state index < -0.39 is 11.7 Å². The third kappa shape index (κ3) is 5.80. The summed E-state index contributed by atoms with van der Waals surface area (Å²) in [5.41, 5.74) is 2.19. The Kier molecular flexibility index (Phi) is 6.99. The van der Waals surface area contributed by atoms with Gasteiger partial charge in [-0.15, -0.1) is 0 Å². The van der Waals surface area contributed by atoms with Crippen molar-refractivity contribution in [1.29, 1.82) is 0 Å². The van der Waals surface area contributed by atoms with Crippen molar-refractivity contribution >= 4 is 0 Å². The molecule has 32 heavy (non-hydrogen) atoms. The van der Waals surface area contributed by atoms with Gasteiger partial charge in [-0.3, -0.25) is 4.90 Å². The summed E-state index contributed by atoms with van der Waals surface area (Å²) in [5, 5.41) is 0. The summed E-state index contributed by atoms with van der Waals surface area (Å²) >= 11 is 0. The molecule has 0 saturated heterocycles. The average molecular weight is 445 g/mol. The molecule has 1 aliphatic carbocycles. The first kappa shape index (κ1) is 22.6. The van der Waals surface area contributed by atoms with E-state index in [4.69, 9.17) is 0 Å². The van der Waals surface area contributed by atoms with Crippen LogP contribution in [0.4, 0.5) is 17.6 Å². The van der Waals surface area contributed by atoms with Gasteiger partial charge in [-0.05, 0) is 54.3 Å². The molecular formula is C26H28F4N2. The van der Waals surface area contributed by atoms with Gasteiger partial charge in [0.15, 0.2) is 0 Å². The first-order valence-electron chi connectivity index (χ1n) is 11.2. The smallest absolute Gasteiger partial charge is 0.346 e. The van der Waals surface area contributed by atoms with Gasteiger partial charge in [-0.2, -0.15) is 13.2 Å². The summed E-state index contributed by atoms with van der Waals surface area (Å²) in [5.74, 6) is -0.258. The minimum atomic E-state index is -4.34. The molecule has 2 aromatic carbocycles. The van der Waals surface area contributed by atoms with Crippen LogP contribution in [0.1, 0.15) is 54.5 Å². The van der Waals surface area contributed by atoms with Crippen molar-refractivity contribution in [2.45, 2.75) is 64.0 Å². The molecule has 170 valence electrons. The zero-order valence-electron chi connectivity index (χ0n) is 18.0. The molecule has 0 bridgehead atoms. The van der Waals surface area contributed by atoms with Crippen LogP contribution in [0.25, 0.3) is 0 Å². The average Bonchev–Trinajstić information content (AvgIpc) is 3.21. The Morgan fingerprint density at radius 2 is 1.59 bits per heavy atom. The second kappa shape index (κ2) is 9.90. The highest BCUT2D eigenvalue weighted by Crippen LogP contribution is 2.31. The van der Waals surface area contributed by atoms with E-state index in [2.05, 4.69) is 15.5 Å². The van der Waals surface area contributed by atoms with Crippen molar-refractivity contribution < 1.29 is 17.6 Å². The van der Waals surface area contributed by atoms with Gasteiger partial charge < -0.3 is 4.57 Å². The molecule has 1 aliphatic rings. The lowest BCUT2D eigenvalue weighted by atomic mass is 9.93. The molecule has 1 aromatic heterocycles. The summed E-state index contributed by atoms with van der Waals surface area (Å²) in [7, 11) is 0. The fourth-order valence-electron chi connectivity index (χ4n) is 4.58. The molecule has 1 saturated carbocycles. The fourth-order valence-corrected chi connectivity index (χ4v) is 4.58. The molecule has 6 heteroatoms. The summed E-state index contributed by atoms with van der Waals surface area (Å²) in [6.45, 7) is 1.77. The van der Waals surface area contributed by atoms with Crippen molar-refractivity contribution in [3.8, 4) is 0 Å². The van der Waals surface area contributed by atoms with Crippen LogP contribution in [-0.4, -0.2) is 15.5 Å². The van der Waals surface area contributed by atoms with Gasteiger partial charge in [-0.1, -0.05) is 49.6 Å². The highest BCUT2D eigenvalue weighted by Gasteiger charge is 2.31. The van der Waals surface area contributed by atoms with Gasteiger partial charge >= 0.3 is 6.18 Å². The van der Waals surface area contributed by atoms with Crippen LogP contribution in [0.2, 0.25) is 0 Å². The molecule has 4 rings (SSSR count). The Hall–Kier alpha value is -2.60. The van der Waals surface area contributed by atoms with Gasteiger partial charge in [-0.25, -0.2) is 4.39 Å². The highest BCUT2D eigenvalue weighted by molar-refractivity contribution is 5.26. The van der Waals surface area contributed by atoms with Crippen LogP contribution in [-0.2, 0) is 25.8 Å². The normalized spacial score (nSPS) is 15.4. The van der Waals surface area contributed by atoms with E-state index >= 15 is 0 Å². The number of nitrogens with zero attached hydrogens (tertiary/aromatic N) is 2. The van der Waals surface area contributed by atoms with E-state index in [1.54, 1.807) is 18.2 Å². The highest BCUT2D eigenvalue weighted by atomic mass is 19.4. The molecule has 3 aromatic rings. The molecule has 0 N–H and O–H groups in total. The van der Waals surface area contributed by atoms with E-state index in [9.17, 15) is 17.6 Å². The maximum atomic E-state index is 13.2. The molecule has 1 heterocycles. The maximum Gasteiger partial charge on any atom is 0.416 e. The van der Waals surface area contributed by atoms with E-state index in [0.717, 1.165) is 43.0 Å². The first-order valence-corrected chi connectivity index (χ1v) is 11.2. The molecule has 0 radical (unpaired) electrons. The quantitative estimate of drug-likeness (QED) is 0.355. The van der Waals surface area contributed by atoms with Crippen LogP contribution in [0.5, 0.6) is 0 Å². The number of halogens is 4. The van der Waals surface area contributed by atoms with Gasteiger partial charge in [0.05, 0.1) is 5.56 Å². The van der Waals surface area contributed by atoms with Crippen molar-refractivity contribution in [2.75, 3.05) is 0 Å². The predicted molar refractivity (Wildman–Crippen MR) is 117 cm³/mol. The summed E-state index contributed by atoms with van der Waals surface area (Å²) < 4.78 is 55.0. The van der Waals surface area contributed by atoms with Crippen molar-refractivity contribution in [1.82, 2.24) is 9.47 Å². The summed E-state index contributed by atoms with van der Waals surface area (Å²) in [6.07, 6.45) is 3.32. The molecule has 0 unspecified atom stereocenters. The maximum absolute atomic E-state index is 13.2. The molecular weight excluding hydrogens is 416 g/mol. The zero-order valence-corrected chi connectivity index (χ0v) is 18.0. The monoisotopic (exact) mass is 444 g/mol. The molecule has 0 aliphatic heterocycles. The largest absolute Gasteiger partial charge is 0.416 e. The lowest BCUT2D eigenvalue weighted by molar-refractivity contribution is -0.137. The number of benzene rings is 2. The topological polar surface area (TPSA) is 8.17 Å². The third-order valence-corrected chi connectivity index (χ3v) is 6.29. The number of aromatic nitrogens is 1. The van der Waals surface area contributed by atoms with Crippen LogP contribution >= 0.6 is 0 Å². The standard InChI is InChI=1S/C26H28F4N2/c27-23-13-11-20(12-14-23)17-31-15-5-10-25(31)19-32(24-8-2-1-3-9-24)18-21-6-4-7-22(16-21)26(28,29)30/h4-7,10-16,24H,1-3,8-9,17-19H2. The number of alkyl halides is 3. The number of hydrogen-bond acceptors (Lipinski definition) is 1. The third-order valence-electron chi connectivity index (χ3n) is 6.29. The number of hydrogen-bond donors (Lipinski definition) is 0. The Labute approximate surface area is 186 Å². The van der Waals surface area contributed by atoms with Gasteiger partial charge in [0.1, 0.15) is 5.82 Å². The van der Waals surface area contributed by atoms with Crippen molar-refractivity contribution in [3.63, 3.8) is 0 Å². The Bertz CT molecular complexity index is 1000. The minimum Gasteiger partial charge on any atom is -0.346 e. The van der Waals surface area contributed by atoms with Crippen LogP contribution in [0, 0.1) is 5.82 Å². The van der Waals surface area contributed by atoms with E-state index in [1.807, 2.05) is 12.3 Å². The summed E-state index contributed by atoms with van der Waals surface area (Å²) in [6, 6.07) is 16.6. The van der Waals surface area contributed by atoms with Gasteiger partial charge in [0.25, 0.3) is 0 Å². The Morgan fingerprint density at radius 3 is 2.31 bits per heavy atom. The van der Waals surface area contributed by atoms with Crippen LogP contribution in [0.3, 0.4) is 0 Å². The molecule has 2 nitrogen and oxygen atoms in total. The second-order valence-electron chi connectivity index (χ2n) is 8.65. The Morgan fingerprint density at radius 1 is 0.844 bits per heavy atom. The first-order chi connectivity index (χ1) is 15.4. The van der Waals surface area contributed by atoms with Crippen molar-refractivity contribution in [2.24, 2.45) is 0 Å². The van der Waals surface area contributed by atoms with E-state index in [-0.39, 0.29) is 5.82 Å². The molecule has 0 amide bonds. The number of rotatable bonds is 7. The van der Waals surface area contributed by atoms with Gasteiger partial charge in [0, 0.05) is 37.6 Å². The molecule has 0 spiro atoms. The fraction of sp³-hybridized carbons (Fsp3) is 0.385. The van der Waals surface area contributed by atoms with Gasteiger partial charge in [0.2, 0.25) is 0 Å². The lowest BCUT2D eigenvalue weighted by Crippen LogP contribution is -2.36. The lowest BCUT2D eigenvalue weighted by Gasteiger charge is -2.35. The van der Waals surface area contributed by atoms with E-state index in [0.29, 0.717) is 31.2 Å². The molecule has 1 fully saturated rings. The summed E-state index contributed by atoms with van der Waals surface area (Å²) in [4.78, 5) is 2.32. The SMILES string of the molecule is Fc1ccc(Cn2cccc2CN(Cc2cccc(C(F)(F)F)c2)C2CCCCC2)cc1. The minimum absolute atomic E-state index is 0.258. The van der Waals surface area contributed by atoms with E-state index in [1.165, 1.54) is 30.7 Å². The van der Waals surface area contributed by atoms with Crippen LogP contribution < -0.4 is 0 Å². The zero-order chi connectivity index (χ0) is 22.6. The van der Waals surface area contributed by atoms with Crippen molar-refractivity contribution in [3.05, 3.63) is 95.1 Å². The molecule has 0 atom stereocenters. The Balaban J connectivity index is 1.54.